The zero-order chi connectivity index (χ0) is 22.0. The SMILES string of the molecule is CCOC(=O)c1ccc(NC(=O)C[C@H]2C(=O)Nc3nc(-c4ccc(Cl)cc4)nn32)cc1. The first kappa shape index (κ1) is 20.5. The molecule has 2 heterocycles. The molecule has 0 radical (unpaired) electrons. The van der Waals surface area contributed by atoms with Gasteiger partial charge in [0.15, 0.2) is 5.82 Å². The van der Waals surface area contributed by atoms with Crippen molar-refractivity contribution in [1.82, 2.24) is 14.8 Å². The smallest absolute Gasteiger partial charge is 0.338 e. The van der Waals surface area contributed by atoms with E-state index < -0.39 is 12.0 Å². The van der Waals surface area contributed by atoms with Crippen molar-refractivity contribution in [2.24, 2.45) is 0 Å². The monoisotopic (exact) mass is 439 g/mol. The number of esters is 1. The molecule has 0 bridgehead atoms. The van der Waals surface area contributed by atoms with E-state index in [0.29, 0.717) is 22.1 Å². The van der Waals surface area contributed by atoms with Crippen molar-refractivity contribution >= 4 is 41.0 Å². The van der Waals surface area contributed by atoms with Gasteiger partial charge in [-0.15, -0.1) is 5.10 Å². The van der Waals surface area contributed by atoms with Gasteiger partial charge in [-0.2, -0.15) is 4.98 Å². The summed E-state index contributed by atoms with van der Waals surface area (Å²) < 4.78 is 6.34. The molecule has 0 saturated carbocycles. The first-order valence-corrected chi connectivity index (χ1v) is 9.93. The molecule has 0 unspecified atom stereocenters. The van der Waals surface area contributed by atoms with Gasteiger partial charge in [0, 0.05) is 16.3 Å². The van der Waals surface area contributed by atoms with Gasteiger partial charge in [-0.3, -0.25) is 14.9 Å². The van der Waals surface area contributed by atoms with E-state index in [1.54, 1.807) is 55.5 Å². The highest BCUT2D eigenvalue weighted by Crippen LogP contribution is 2.29. The summed E-state index contributed by atoms with van der Waals surface area (Å²) in [5, 5.41) is 10.3. The van der Waals surface area contributed by atoms with Gasteiger partial charge in [0.25, 0.3) is 5.91 Å². The van der Waals surface area contributed by atoms with E-state index in [4.69, 9.17) is 16.3 Å². The van der Waals surface area contributed by atoms with E-state index in [2.05, 4.69) is 20.7 Å². The van der Waals surface area contributed by atoms with Crippen LogP contribution >= 0.6 is 11.6 Å². The van der Waals surface area contributed by atoms with Gasteiger partial charge in [0.1, 0.15) is 6.04 Å². The van der Waals surface area contributed by atoms with E-state index in [-0.39, 0.29) is 30.8 Å². The summed E-state index contributed by atoms with van der Waals surface area (Å²) in [5.41, 5.74) is 1.62. The zero-order valence-electron chi connectivity index (χ0n) is 16.5. The minimum Gasteiger partial charge on any atom is -0.462 e. The second-order valence-electron chi connectivity index (χ2n) is 6.77. The number of carbonyl (C=O) groups excluding carboxylic acids is 3. The van der Waals surface area contributed by atoms with Crippen LogP contribution in [0.2, 0.25) is 5.02 Å². The number of benzene rings is 2. The highest BCUT2D eigenvalue weighted by Gasteiger charge is 2.35. The number of anilines is 2. The average molecular weight is 440 g/mol. The van der Waals surface area contributed by atoms with Crippen molar-refractivity contribution in [3.63, 3.8) is 0 Å². The number of carbonyl (C=O) groups is 3. The molecule has 0 spiro atoms. The number of hydrogen-bond donors (Lipinski definition) is 2. The highest BCUT2D eigenvalue weighted by atomic mass is 35.5. The number of halogens is 1. The molecule has 1 aliphatic rings. The minimum atomic E-state index is -0.817. The van der Waals surface area contributed by atoms with Crippen LogP contribution in [0.25, 0.3) is 11.4 Å². The number of rotatable bonds is 6. The Kier molecular flexibility index (Phi) is 5.68. The molecule has 31 heavy (non-hydrogen) atoms. The molecule has 0 fully saturated rings. The lowest BCUT2D eigenvalue weighted by molar-refractivity contribution is -0.123. The van der Waals surface area contributed by atoms with E-state index in [1.165, 1.54) is 4.68 Å². The van der Waals surface area contributed by atoms with E-state index in [1.807, 2.05) is 0 Å². The van der Waals surface area contributed by atoms with Crippen molar-refractivity contribution in [3.05, 3.63) is 59.1 Å². The normalized spacial score (nSPS) is 14.6. The molecule has 2 aromatic carbocycles. The molecular formula is C21H18ClN5O4. The molecule has 158 valence electrons. The van der Waals surface area contributed by atoms with Crippen LogP contribution in [0.15, 0.2) is 48.5 Å². The van der Waals surface area contributed by atoms with Gasteiger partial charge in [-0.1, -0.05) is 11.6 Å². The number of aromatic nitrogens is 3. The number of hydrogen-bond acceptors (Lipinski definition) is 6. The van der Waals surface area contributed by atoms with Crippen molar-refractivity contribution in [2.75, 3.05) is 17.2 Å². The van der Waals surface area contributed by atoms with E-state index in [9.17, 15) is 14.4 Å². The zero-order valence-corrected chi connectivity index (χ0v) is 17.2. The lowest BCUT2D eigenvalue weighted by Gasteiger charge is -2.10. The first-order valence-electron chi connectivity index (χ1n) is 9.55. The average Bonchev–Trinajstić information content (AvgIpc) is 3.28. The van der Waals surface area contributed by atoms with Crippen LogP contribution in [-0.4, -0.2) is 39.2 Å². The Bertz CT molecular complexity index is 1140. The maximum Gasteiger partial charge on any atom is 0.338 e. The van der Waals surface area contributed by atoms with Gasteiger partial charge in [0.2, 0.25) is 11.9 Å². The Morgan fingerprint density at radius 1 is 1.16 bits per heavy atom. The molecule has 10 heteroatoms. The van der Waals surface area contributed by atoms with Gasteiger partial charge < -0.3 is 10.1 Å². The lowest BCUT2D eigenvalue weighted by atomic mass is 10.1. The van der Waals surface area contributed by atoms with Crippen LogP contribution in [0.3, 0.4) is 0 Å². The van der Waals surface area contributed by atoms with Gasteiger partial charge in [-0.05, 0) is 55.5 Å². The Morgan fingerprint density at radius 2 is 1.87 bits per heavy atom. The number of ether oxygens (including phenoxy) is 1. The van der Waals surface area contributed by atoms with Gasteiger partial charge >= 0.3 is 5.97 Å². The standard InChI is InChI=1S/C21H18ClN5O4/c1-2-31-20(30)13-5-9-15(10-6-13)23-17(28)11-16-19(29)25-21-24-18(26-27(16)21)12-3-7-14(22)8-4-12/h3-10,16H,2,11H2,1H3,(H,23,28)(H,24,25,26,29)/t16-/m0/s1. The summed E-state index contributed by atoms with van der Waals surface area (Å²) in [5.74, 6) is -0.456. The van der Waals surface area contributed by atoms with Crippen LogP contribution in [-0.2, 0) is 14.3 Å². The molecule has 1 aromatic heterocycles. The maximum atomic E-state index is 12.5. The molecule has 2 amide bonds. The van der Waals surface area contributed by atoms with Gasteiger partial charge in [-0.25, -0.2) is 9.48 Å². The quantitative estimate of drug-likeness (QED) is 0.569. The largest absolute Gasteiger partial charge is 0.462 e. The Labute approximate surface area is 182 Å². The molecular weight excluding hydrogens is 422 g/mol. The van der Waals surface area contributed by atoms with E-state index >= 15 is 0 Å². The maximum absolute atomic E-state index is 12.5. The van der Waals surface area contributed by atoms with Crippen LogP contribution in [0.4, 0.5) is 11.6 Å². The summed E-state index contributed by atoms with van der Waals surface area (Å²) in [6, 6.07) is 12.5. The summed E-state index contributed by atoms with van der Waals surface area (Å²) in [7, 11) is 0. The van der Waals surface area contributed by atoms with Crippen molar-refractivity contribution < 1.29 is 19.1 Å². The number of amides is 2. The summed E-state index contributed by atoms with van der Waals surface area (Å²) in [4.78, 5) is 40.8. The molecule has 9 nitrogen and oxygen atoms in total. The number of nitrogens with one attached hydrogen (secondary N) is 2. The first-order chi connectivity index (χ1) is 14.9. The molecule has 0 saturated heterocycles. The number of nitrogens with zero attached hydrogens (tertiary/aromatic N) is 3. The molecule has 1 atom stereocenters. The molecule has 1 aliphatic heterocycles. The fraction of sp³-hybridized carbons (Fsp3) is 0.190. The summed E-state index contributed by atoms with van der Waals surface area (Å²) in [6.45, 7) is 2.01. The summed E-state index contributed by atoms with van der Waals surface area (Å²) >= 11 is 5.91. The summed E-state index contributed by atoms with van der Waals surface area (Å²) in [6.07, 6.45) is -0.123. The second-order valence-corrected chi connectivity index (χ2v) is 7.20. The van der Waals surface area contributed by atoms with Crippen LogP contribution in [0.5, 0.6) is 0 Å². The molecule has 3 aromatic rings. The van der Waals surface area contributed by atoms with Gasteiger partial charge in [0.05, 0.1) is 18.6 Å². The van der Waals surface area contributed by atoms with Crippen molar-refractivity contribution in [1.29, 1.82) is 0 Å². The van der Waals surface area contributed by atoms with Crippen LogP contribution in [0.1, 0.15) is 29.7 Å². The van der Waals surface area contributed by atoms with Crippen molar-refractivity contribution in [3.8, 4) is 11.4 Å². The third-order valence-corrected chi connectivity index (χ3v) is 4.88. The fourth-order valence-electron chi connectivity index (χ4n) is 3.12. The van der Waals surface area contributed by atoms with Crippen LogP contribution in [0, 0.1) is 0 Å². The lowest BCUT2D eigenvalue weighted by Crippen LogP contribution is -2.23. The number of fused-ring (bicyclic) bond motifs is 1. The molecule has 0 aliphatic carbocycles. The highest BCUT2D eigenvalue weighted by molar-refractivity contribution is 6.30. The second kappa shape index (κ2) is 8.57. The Hall–Kier alpha value is -3.72. The predicted molar refractivity (Wildman–Crippen MR) is 114 cm³/mol. The third kappa shape index (κ3) is 4.41. The topological polar surface area (TPSA) is 115 Å². The van der Waals surface area contributed by atoms with Crippen molar-refractivity contribution in [2.45, 2.75) is 19.4 Å². The third-order valence-electron chi connectivity index (χ3n) is 4.63. The van der Waals surface area contributed by atoms with Crippen LogP contribution < -0.4 is 10.6 Å². The Balaban J connectivity index is 1.44. The molecule has 4 rings (SSSR count). The fourth-order valence-corrected chi connectivity index (χ4v) is 3.25. The predicted octanol–water partition coefficient (Wildman–Crippen LogP) is 3.30. The van der Waals surface area contributed by atoms with E-state index in [0.717, 1.165) is 5.56 Å². The minimum absolute atomic E-state index is 0.123. The Morgan fingerprint density at radius 3 is 2.55 bits per heavy atom. The molecule has 2 N–H and O–H groups in total.